The first kappa shape index (κ1) is 24.5. The quantitative estimate of drug-likeness (QED) is 0.384. The summed E-state index contributed by atoms with van der Waals surface area (Å²) < 4.78 is 5.36. The molecule has 0 spiro atoms. The van der Waals surface area contributed by atoms with E-state index in [4.69, 9.17) is 4.74 Å². The summed E-state index contributed by atoms with van der Waals surface area (Å²) in [7, 11) is 1.54. The number of ether oxygens (including phenoxy) is 1. The first-order valence-electron chi connectivity index (χ1n) is 10.4. The molecular formula is C24H21N5O3S3. The Balaban J connectivity index is 1.61. The highest BCUT2D eigenvalue weighted by Gasteiger charge is 2.35. The largest absolute Gasteiger partial charge is 0.495 e. The molecule has 3 N–H and O–H groups in total. The lowest BCUT2D eigenvalue weighted by Crippen LogP contribution is -2.31. The molecule has 3 heterocycles. The molecule has 1 aromatic carbocycles. The highest BCUT2D eigenvalue weighted by atomic mass is 32.2. The summed E-state index contributed by atoms with van der Waals surface area (Å²) in [6.07, 6.45) is 1.61. The molecule has 11 heteroatoms. The van der Waals surface area contributed by atoms with E-state index in [0.717, 1.165) is 4.88 Å². The standard InChI is InChI=1S/C24H21N5O3S3/c1-14-20(22(31)28-16-6-3-4-7-17(16)32-2)21(18-8-5-10-33-18)15(12-25)23(27-14)35-13-19(30)29-24-26-9-11-34-24/h3-11,21,27H,13H2,1-2H3,(H,28,31)(H,26,29,30)/t21-/m0/s1. The fraction of sp³-hybridized carbons (Fsp3) is 0.167. The maximum Gasteiger partial charge on any atom is 0.254 e. The Morgan fingerprint density at radius 3 is 2.71 bits per heavy atom. The number of thiophene rings is 1. The normalized spacial score (nSPS) is 15.3. The highest BCUT2D eigenvalue weighted by Crippen LogP contribution is 2.42. The van der Waals surface area contributed by atoms with Gasteiger partial charge in [0, 0.05) is 27.7 Å². The number of allylic oxidation sites excluding steroid dienone is 2. The van der Waals surface area contributed by atoms with Crippen LogP contribution < -0.4 is 20.7 Å². The van der Waals surface area contributed by atoms with Gasteiger partial charge in [-0.2, -0.15) is 5.26 Å². The summed E-state index contributed by atoms with van der Waals surface area (Å²) in [6, 6.07) is 13.2. The molecule has 178 valence electrons. The minimum absolute atomic E-state index is 0.0836. The summed E-state index contributed by atoms with van der Waals surface area (Å²) in [6.45, 7) is 1.79. The van der Waals surface area contributed by atoms with Gasteiger partial charge >= 0.3 is 0 Å². The molecule has 0 bridgehead atoms. The van der Waals surface area contributed by atoms with Gasteiger partial charge in [0.05, 0.1) is 41.1 Å². The van der Waals surface area contributed by atoms with Crippen LogP contribution in [-0.4, -0.2) is 29.7 Å². The number of thiazole rings is 1. The number of rotatable bonds is 8. The van der Waals surface area contributed by atoms with Crippen LogP contribution in [0.2, 0.25) is 0 Å². The van der Waals surface area contributed by atoms with Crippen LogP contribution in [0.4, 0.5) is 10.8 Å². The minimum atomic E-state index is -0.569. The highest BCUT2D eigenvalue weighted by molar-refractivity contribution is 8.03. The number of anilines is 2. The first-order valence-corrected chi connectivity index (χ1v) is 13.2. The van der Waals surface area contributed by atoms with Crippen molar-refractivity contribution in [2.45, 2.75) is 12.8 Å². The van der Waals surface area contributed by atoms with Gasteiger partial charge in [-0.25, -0.2) is 4.98 Å². The molecule has 0 saturated heterocycles. The Kier molecular flexibility index (Phi) is 7.87. The molecule has 0 unspecified atom stereocenters. The number of benzene rings is 1. The van der Waals surface area contributed by atoms with Crippen LogP contribution >= 0.6 is 34.4 Å². The monoisotopic (exact) mass is 523 g/mol. The molecule has 35 heavy (non-hydrogen) atoms. The molecule has 1 aliphatic heterocycles. The SMILES string of the molecule is COc1ccccc1NC(=O)C1=C(C)NC(SCC(=O)Nc2nccs2)=C(C#N)[C@H]1c1cccs1. The second-order valence-corrected chi connectivity index (χ2v) is 10.2. The van der Waals surface area contributed by atoms with Crippen LogP contribution in [-0.2, 0) is 9.59 Å². The van der Waals surface area contributed by atoms with Crippen LogP contribution in [0.15, 0.2) is 75.2 Å². The van der Waals surface area contributed by atoms with Gasteiger partial charge in [0.25, 0.3) is 5.91 Å². The number of carbonyl (C=O) groups is 2. The van der Waals surface area contributed by atoms with E-state index in [1.807, 2.05) is 23.6 Å². The summed E-state index contributed by atoms with van der Waals surface area (Å²) in [4.78, 5) is 30.8. The van der Waals surface area contributed by atoms with Crippen molar-refractivity contribution in [2.75, 3.05) is 23.5 Å². The third-order valence-corrected chi connectivity index (χ3v) is 7.74. The van der Waals surface area contributed by atoms with E-state index in [0.29, 0.717) is 38.4 Å². The lowest BCUT2D eigenvalue weighted by atomic mass is 9.86. The number of dihydropyridines is 1. The van der Waals surface area contributed by atoms with E-state index < -0.39 is 5.92 Å². The minimum Gasteiger partial charge on any atom is -0.495 e. The van der Waals surface area contributed by atoms with Crippen LogP contribution in [0.3, 0.4) is 0 Å². The number of nitrogens with zero attached hydrogens (tertiary/aromatic N) is 2. The summed E-state index contributed by atoms with van der Waals surface area (Å²) in [5, 5.41) is 23.7. The van der Waals surface area contributed by atoms with Gasteiger partial charge in [-0.15, -0.1) is 22.7 Å². The van der Waals surface area contributed by atoms with E-state index in [-0.39, 0.29) is 17.6 Å². The lowest BCUT2D eigenvalue weighted by molar-refractivity contribution is -0.114. The summed E-state index contributed by atoms with van der Waals surface area (Å²) in [5.41, 5.74) is 1.96. The van der Waals surface area contributed by atoms with Crippen molar-refractivity contribution in [3.05, 3.63) is 80.1 Å². The van der Waals surface area contributed by atoms with E-state index >= 15 is 0 Å². The number of nitriles is 1. The molecule has 1 atom stereocenters. The molecule has 0 radical (unpaired) electrons. The second-order valence-electron chi connectivity index (χ2n) is 7.30. The molecule has 1 aliphatic rings. The predicted octanol–water partition coefficient (Wildman–Crippen LogP) is 4.92. The zero-order valence-electron chi connectivity index (χ0n) is 18.8. The number of para-hydroxylation sites is 2. The van der Waals surface area contributed by atoms with E-state index in [2.05, 4.69) is 27.0 Å². The van der Waals surface area contributed by atoms with Crippen LogP contribution in [0, 0.1) is 11.3 Å². The van der Waals surface area contributed by atoms with E-state index in [9.17, 15) is 14.9 Å². The lowest BCUT2D eigenvalue weighted by Gasteiger charge is -2.29. The van der Waals surface area contributed by atoms with E-state index in [1.54, 1.807) is 36.7 Å². The van der Waals surface area contributed by atoms with Crippen molar-refractivity contribution in [3.8, 4) is 11.8 Å². The van der Waals surface area contributed by atoms with Gasteiger partial charge in [-0.05, 0) is 30.5 Å². The Morgan fingerprint density at radius 1 is 1.20 bits per heavy atom. The van der Waals surface area contributed by atoms with Crippen LogP contribution in [0.25, 0.3) is 0 Å². The molecule has 2 aromatic heterocycles. The fourth-order valence-electron chi connectivity index (χ4n) is 3.58. The Bertz CT molecular complexity index is 1320. The van der Waals surface area contributed by atoms with Crippen LogP contribution in [0.1, 0.15) is 17.7 Å². The smallest absolute Gasteiger partial charge is 0.254 e. The zero-order valence-corrected chi connectivity index (χ0v) is 21.3. The fourth-order valence-corrected chi connectivity index (χ4v) is 5.86. The van der Waals surface area contributed by atoms with Gasteiger partial charge in [-0.1, -0.05) is 30.0 Å². The van der Waals surface area contributed by atoms with Gasteiger partial charge < -0.3 is 20.7 Å². The maximum absolute atomic E-state index is 13.5. The van der Waals surface area contributed by atoms with E-state index in [1.165, 1.54) is 41.5 Å². The number of amides is 2. The number of nitrogens with one attached hydrogen (secondary N) is 3. The number of hydrogen-bond acceptors (Lipinski definition) is 9. The number of thioether (sulfide) groups is 1. The predicted molar refractivity (Wildman–Crippen MR) is 140 cm³/mol. The van der Waals surface area contributed by atoms with Gasteiger partial charge in [0.2, 0.25) is 5.91 Å². The topological polar surface area (TPSA) is 116 Å². The Labute approximate surface area is 214 Å². The average molecular weight is 524 g/mol. The van der Waals surface area contributed by atoms with Crippen molar-refractivity contribution in [3.63, 3.8) is 0 Å². The maximum atomic E-state index is 13.5. The summed E-state index contributed by atoms with van der Waals surface area (Å²) >= 11 is 4.02. The average Bonchev–Trinajstić information content (AvgIpc) is 3.57. The van der Waals surface area contributed by atoms with Crippen molar-refractivity contribution < 1.29 is 14.3 Å². The molecular weight excluding hydrogens is 502 g/mol. The molecule has 4 rings (SSSR count). The van der Waals surface area contributed by atoms with Crippen molar-refractivity contribution in [1.29, 1.82) is 5.26 Å². The Morgan fingerprint density at radius 2 is 2.03 bits per heavy atom. The Hall–Kier alpha value is -3.59. The third kappa shape index (κ3) is 5.57. The zero-order chi connectivity index (χ0) is 24.8. The van der Waals surface area contributed by atoms with Crippen LogP contribution in [0.5, 0.6) is 5.75 Å². The molecule has 0 aliphatic carbocycles. The van der Waals surface area contributed by atoms with Gasteiger partial charge in [0.15, 0.2) is 5.13 Å². The first-order chi connectivity index (χ1) is 17.0. The van der Waals surface area contributed by atoms with Crippen molar-refractivity contribution in [1.82, 2.24) is 10.3 Å². The second kappa shape index (κ2) is 11.2. The molecule has 0 fully saturated rings. The van der Waals surface area contributed by atoms with Gasteiger partial charge in [0.1, 0.15) is 5.75 Å². The number of methoxy groups -OCH3 is 1. The number of hydrogen-bond donors (Lipinski definition) is 3. The molecule has 3 aromatic rings. The molecule has 2 amide bonds. The molecule has 8 nitrogen and oxygen atoms in total. The number of aromatic nitrogens is 1. The van der Waals surface area contributed by atoms with Crippen molar-refractivity contribution >= 4 is 57.1 Å². The van der Waals surface area contributed by atoms with Crippen molar-refractivity contribution in [2.24, 2.45) is 0 Å². The number of carbonyl (C=O) groups excluding carboxylic acids is 2. The summed E-state index contributed by atoms with van der Waals surface area (Å²) in [5.74, 6) is -0.517. The third-order valence-electron chi connectivity index (χ3n) is 5.10. The van der Waals surface area contributed by atoms with Gasteiger partial charge in [-0.3, -0.25) is 9.59 Å². The molecule has 0 saturated carbocycles.